The van der Waals surface area contributed by atoms with Gasteiger partial charge in [0.2, 0.25) is 0 Å². The SMILES string of the molecule is Cc1[nH]c2ccc(C(=O)OCC(=O)Nc3cccnc3Cl)cc2c1C. The number of fused-ring (bicyclic) bond motifs is 1. The number of hydrogen-bond donors (Lipinski definition) is 2. The van der Waals surface area contributed by atoms with Crippen LogP contribution in [-0.4, -0.2) is 28.5 Å². The molecule has 7 heteroatoms. The van der Waals surface area contributed by atoms with Gasteiger partial charge in [-0.2, -0.15) is 0 Å². The summed E-state index contributed by atoms with van der Waals surface area (Å²) in [5.41, 5.74) is 3.84. The molecule has 0 saturated carbocycles. The molecule has 3 rings (SSSR count). The lowest BCUT2D eigenvalue weighted by atomic mass is 10.1. The molecule has 128 valence electrons. The predicted molar refractivity (Wildman–Crippen MR) is 95.9 cm³/mol. The highest BCUT2D eigenvalue weighted by molar-refractivity contribution is 6.32. The Bertz CT molecular complexity index is 965. The van der Waals surface area contributed by atoms with Crippen LogP contribution in [0.1, 0.15) is 21.6 Å². The number of benzene rings is 1. The number of halogens is 1. The summed E-state index contributed by atoms with van der Waals surface area (Å²) in [6, 6.07) is 8.49. The van der Waals surface area contributed by atoms with Gasteiger partial charge < -0.3 is 15.0 Å². The van der Waals surface area contributed by atoms with Crippen molar-refractivity contribution in [1.82, 2.24) is 9.97 Å². The van der Waals surface area contributed by atoms with Gasteiger partial charge in [-0.25, -0.2) is 9.78 Å². The van der Waals surface area contributed by atoms with Crippen LogP contribution in [0.25, 0.3) is 10.9 Å². The number of hydrogen-bond acceptors (Lipinski definition) is 4. The first-order chi connectivity index (χ1) is 12.0. The molecule has 25 heavy (non-hydrogen) atoms. The molecule has 0 bridgehead atoms. The van der Waals surface area contributed by atoms with Crippen LogP contribution < -0.4 is 5.32 Å². The molecule has 0 aliphatic rings. The van der Waals surface area contributed by atoms with E-state index in [2.05, 4.69) is 15.3 Å². The molecule has 0 radical (unpaired) electrons. The van der Waals surface area contributed by atoms with Crippen molar-refractivity contribution in [2.75, 3.05) is 11.9 Å². The number of ether oxygens (including phenoxy) is 1. The molecule has 2 aromatic heterocycles. The van der Waals surface area contributed by atoms with E-state index in [1.54, 1.807) is 24.3 Å². The van der Waals surface area contributed by atoms with E-state index >= 15 is 0 Å². The Hall–Kier alpha value is -2.86. The number of pyridine rings is 1. The van der Waals surface area contributed by atoms with Gasteiger partial charge in [0.15, 0.2) is 11.8 Å². The quantitative estimate of drug-likeness (QED) is 0.551. The van der Waals surface area contributed by atoms with Crippen LogP contribution in [0.5, 0.6) is 0 Å². The van der Waals surface area contributed by atoms with Crippen molar-refractivity contribution in [2.45, 2.75) is 13.8 Å². The lowest BCUT2D eigenvalue weighted by Crippen LogP contribution is -2.21. The molecule has 0 fully saturated rings. The fourth-order valence-electron chi connectivity index (χ4n) is 2.47. The highest BCUT2D eigenvalue weighted by Crippen LogP contribution is 2.23. The van der Waals surface area contributed by atoms with E-state index in [9.17, 15) is 9.59 Å². The Labute approximate surface area is 149 Å². The van der Waals surface area contributed by atoms with E-state index < -0.39 is 18.5 Å². The van der Waals surface area contributed by atoms with Crippen LogP contribution in [0.2, 0.25) is 5.15 Å². The van der Waals surface area contributed by atoms with Gasteiger partial charge >= 0.3 is 5.97 Å². The van der Waals surface area contributed by atoms with Crippen LogP contribution in [-0.2, 0) is 9.53 Å². The first-order valence-corrected chi connectivity index (χ1v) is 8.00. The summed E-state index contributed by atoms with van der Waals surface area (Å²) >= 11 is 5.86. The number of esters is 1. The van der Waals surface area contributed by atoms with Gasteiger partial charge in [-0.15, -0.1) is 0 Å². The van der Waals surface area contributed by atoms with Gasteiger partial charge in [-0.3, -0.25) is 4.79 Å². The van der Waals surface area contributed by atoms with Crippen molar-refractivity contribution in [1.29, 1.82) is 0 Å². The number of H-pyrrole nitrogens is 1. The average molecular weight is 358 g/mol. The first-order valence-electron chi connectivity index (χ1n) is 7.62. The maximum atomic E-state index is 12.2. The second-order valence-corrected chi connectivity index (χ2v) is 5.96. The summed E-state index contributed by atoms with van der Waals surface area (Å²) in [5, 5.41) is 3.67. The molecule has 1 amide bonds. The largest absolute Gasteiger partial charge is 0.452 e. The summed E-state index contributed by atoms with van der Waals surface area (Å²) in [7, 11) is 0. The molecule has 0 saturated heterocycles. The minimum atomic E-state index is -0.562. The second-order valence-electron chi connectivity index (χ2n) is 5.60. The number of aryl methyl sites for hydroxylation is 2. The number of carbonyl (C=O) groups excluding carboxylic acids is 2. The number of amides is 1. The predicted octanol–water partition coefficient (Wildman–Crippen LogP) is 3.63. The molecule has 0 aliphatic carbocycles. The minimum absolute atomic E-state index is 0.172. The zero-order valence-electron chi connectivity index (χ0n) is 13.7. The Morgan fingerprint density at radius 2 is 2.08 bits per heavy atom. The van der Waals surface area contributed by atoms with Crippen molar-refractivity contribution < 1.29 is 14.3 Å². The van der Waals surface area contributed by atoms with E-state index in [1.165, 1.54) is 6.20 Å². The smallest absolute Gasteiger partial charge is 0.338 e. The van der Waals surface area contributed by atoms with Gasteiger partial charge in [0.05, 0.1) is 11.3 Å². The number of anilines is 1. The van der Waals surface area contributed by atoms with Gasteiger partial charge in [0.1, 0.15) is 0 Å². The fourth-order valence-corrected chi connectivity index (χ4v) is 2.63. The van der Waals surface area contributed by atoms with Crippen molar-refractivity contribution in [3.63, 3.8) is 0 Å². The third-order valence-corrected chi connectivity index (χ3v) is 4.21. The first kappa shape index (κ1) is 17.0. The van der Waals surface area contributed by atoms with Gasteiger partial charge in [0.25, 0.3) is 5.91 Å². The zero-order chi connectivity index (χ0) is 18.0. The van der Waals surface area contributed by atoms with E-state index in [0.717, 1.165) is 22.2 Å². The molecular formula is C18H16ClN3O3. The molecule has 0 aliphatic heterocycles. The van der Waals surface area contributed by atoms with E-state index in [1.807, 2.05) is 19.9 Å². The van der Waals surface area contributed by atoms with Gasteiger partial charge in [0, 0.05) is 22.8 Å². The Balaban J connectivity index is 1.65. The number of nitrogens with one attached hydrogen (secondary N) is 2. The highest BCUT2D eigenvalue weighted by Gasteiger charge is 2.13. The van der Waals surface area contributed by atoms with Crippen LogP contribution in [0.4, 0.5) is 5.69 Å². The molecule has 6 nitrogen and oxygen atoms in total. The van der Waals surface area contributed by atoms with Gasteiger partial charge in [-0.05, 0) is 49.7 Å². The fraction of sp³-hybridized carbons (Fsp3) is 0.167. The summed E-state index contributed by atoms with van der Waals surface area (Å²) in [6.45, 7) is 3.54. The number of aromatic amines is 1. The monoisotopic (exact) mass is 357 g/mol. The third-order valence-electron chi connectivity index (χ3n) is 3.91. The van der Waals surface area contributed by atoms with Gasteiger partial charge in [-0.1, -0.05) is 11.6 Å². The Kier molecular flexibility index (Phi) is 4.72. The maximum absolute atomic E-state index is 12.2. The minimum Gasteiger partial charge on any atom is -0.452 e. The van der Waals surface area contributed by atoms with E-state index in [4.69, 9.17) is 16.3 Å². The molecule has 2 heterocycles. The molecule has 2 N–H and O–H groups in total. The van der Waals surface area contributed by atoms with Crippen molar-refractivity contribution in [2.24, 2.45) is 0 Å². The normalized spacial score (nSPS) is 10.7. The Morgan fingerprint density at radius 1 is 1.28 bits per heavy atom. The topological polar surface area (TPSA) is 84.1 Å². The summed E-state index contributed by atoms with van der Waals surface area (Å²) < 4.78 is 5.07. The standard InChI is InChI=1S/C18H16ClN3O3/c1-10-11(2)21-14-6-5-12(8-13(10)14)18(24)25-9-16(23)22-15-4-3-7-20-17(15)19/h3-8,21H,9H2,1-2H3,(H,22,23). The molecular weight excluding hydrogens is 342 g/mol. The molecule has 0 atom stereocenters. The number of rotatable bonds is 4. The Morgan fingerprint density at radius 3 is 2.84 bits per heavy atom. The number of nitrogens with zero attached hydrogens (tertiary/aromatic N) is 1. The summed E-state index contributed by atoms with van der Waals surface area (Å²) in [6.07, 6.45) is 1.51. The van der Waals surface area contributed by atoms with Crippen LogP contribution in [0.3, 0.4) is 0 Å². The maximum Gasteiger partial charge on any atom is 0.338 e. The molecule has 0 spiro atoms. The van der Waals surface area contributed by atoms with Crippen molar-refractivity contribution >= 4 is 40.1 Å². The van der Waals surface area contributed by atoms with Crippen molar-refractivity contribution in [3.8, 4) is 0 Å². The second kappa shape index (κ2) is 6.94. The molecule has 0 unspecified atom stereocenters. The van der Waals surface area contributed by atoms with E-state index in [0.29, 0.717) is 11.3 Å². The lowest BCUT2D eigenvalue weighted by molar-refractivity contribution is -0.119. The lowest BCUT2D eigenvalue weighted by Gasteiger charge is -2.07. The van der Waals surface area contributed by atoms with Crippen LogP contribution >= 0.6 is 11.6 Å². The average Bonchev–Trinajstić information content (AvgIpc) is 2.89. The summed E-state index contributed by atoms with van der Waals surface area (Å²) in [4.78, 5) is 31.2. The van der Waals surface area contributed by atoms with Crippen LogP contribution in [0.15, 0.2) is 36.5 Å². The molecule has 1 aromatic carbocycles. The van der Waals surface area contributed by atoms with Crippen molar-refractivity contribution in [3.05, 3.63) is 58.5 Å². The number of carbonyl (C=O) groups is 2. The summed E-state index contributed by atoms with van der Waals surface area (Å²) in [5.74, 6) is -1.05. The van der Waals surface area contributed by atoms with Crippen LogP contribution in [0, 0.1) is 13.8 Å². The highest BCUT2D eigenvalue weighted by atomic mass is 35.5. The van der Waals surface area contributed by atoms with E-state index in [-0.39, 0.29) is 5.15 Å². The number of aromatic nitrogens is 2. The zero-order valence-corrected chi connectivity index (χ0v) is 14.5. The third kappa shape index (κ3) is 3.64. The molecule has 3 aromatic rings.